The van der Waals surface area contributed by atoms with Gasteiger partial charge in [0.2, 0.25) is 0 Å². The highest BCUT2D eigenvalue weighted by Gasteiger charge is 2.39. The summed E-state index contributed by atoms with van der Waals surface area (Å²) in [5.41, 5.74) is 0.220. The van der Waals surface area contributed by atoms with Gasteiger partial charge in [0.1, 0.15) is 0 Å². The maximum Gasteiger partial charge on any atom is 0.0593 e. The molecule has 0 aliphatic carbocycles. The van der Waals surface area contributed by atoms with E-state index >= 15 is 0 Å². The summed E-state index contributed by atoms with van der Waals surface area (Å²) < 4.78 is 10.9. The fourth-order valence-corrected chi connectivity index (χ4v) is 2.14. The Labute approximate surface area is 117 Å². The zero-order valence-electron chi connectivity index (χ0n) is 12.6. The smallest absolute Gasteiger partial charge is 0.0593 e. The molecule has 0 spiro atoms. The summed E-state index contributed by atoms with van der Waals surface area (Å²) in [6.07, 6.45) is 1.92. The molecule has 1 rings (SSSR count). The molecule has 0 radical (unpaired) electrons. The predicted octanol–water partition coefficient (Wildman–Crippen LogP) is 1.12. The molecule has 0 aromatic rings. The van der Waals surface area contributed by atoms with Gasteiger partial charge in [-0.05, 0) is 27.3 Å². The topological polar surface area (TPSA) is 33.7 Å². The minimum Gasteiger partial charge on any atom is -0.382 e. The van der Waals surface area contributed by atoms with Crippen molar-refractivity contribution in [3.63, 3.8) is 0 Å². The number of nitrogens with one attached hydrogen (secondary N) is 1. The van der Waals surface area contributed by atoms with E-state index in [0.717, 1.165) is 58.9 Å². The summed E-state index contributed by atoms with van der Waals surface area (Å²) in [7, 11) is 2.17. The van der Waals surface area contributed by atoms with E-state index in [0.29, 0.717) is 0 Å². The highest BCUT2D eigenvalue weighted by molar-refractivity contribution is 5.11. The molecule has 0 atom stereocenters. The molecule has 0 saturated carbocycles. The molecule has 0 aromatic heterocycles. The van der Waals surface area contributed by atoms with Crippen molar-refractivity contribution in [2.24, 2.45) is 0 Å². The van der Waals surface area contributed by atoms with Gasteiger partial charge in [-0.3, -0.25) is 4.90 Å². The lowest BCUT2D eigenvalue weighted by Gasteiger charge is -2.48. The molecule has 1 fully saturated rings. The average molecular weight is 268 g/mol. The molecule has 1 aliphatic rings. The molecular weight excluding hydrogens is 240 g/mol. The van der Waals surface area contributed by atoms with Crippen molar-refractivity contribution in [1.82, 2.24) is 10.2 Å². The van der Waals surface area contributed by atoms with Gasteiger partial charge in [-0.1, -0.05) is 0 Å². The molecule has 4 heteroatoms. The first-order chi connectivity index (χ1) is 9.25. The zero-order valence-corrected chi connectivity index (χ0v) is 12.6. The zero-order chi connectivity index (χ0) is 14.0. The summed E-state index contributed by atoms with van der Waals surface area (Å²) in [5.74, 6) is 6.20. The minimum atomic E-state index is 0.220. The molecule has 110 valence electrons. The van der Waals surface area contributed by atoms with Gasteiger partial charge >= 0.3 is 0 Å². The van der Waals surface area contributed by atoms with Crippen molar-refractivity contribution >= 4 is 0 Å². The molecule has 0 aromatic carbocycles. The average Bonchev–Trinajstić information content (AvgIpc) is 2.36. The highest BCUT2D eigenvalue weighted by atomic mass is 16.5. The monoisotopic (exact) mass is 268 g/mol. The van der Waals surface area contributed by atoms with E-state index in [1.54, 1.807) is 0 Å². The quantitative estimate of drug-likeness (QED) is 0.475. The molecule has 0 bridgehead atoms. The van der Waals surface area contributed by atoms with Crippen LogP contribution in [0.1, 0.15) is 26.7 Å². The van der Waals surface area contributed by atoms with E-state index in [1.165, 1.54) is 0 Å². The van der Waals surface area contributed by atoms with Crippen LogP contribution in [0.5, 0.6) is 0 Å². The van der Waals surface area contributed by atoms with Gasteiger partial charge in [-0.2, -0.15) is 0 Å². The highest BCUT2D eigenvalue weighted by Crippen LogP contribution is 2.22. The first-order valence-corrected chi connectivity index (χ1v) is 7.22. The van der Waals surface area contributed by atoms with Crippen LogP contribution in [0.3, 0.4) is 0 Å². The van der Waals surface area contributed by atoms with Crippen LogP contribution in [0.2, 0.25) is 0 Å². The lowest BCUT2D eigenvalue weighted by molar-refractivity contribution is 0.0257. The van der Waals surface area contributed by atoms with Crippen molar-refractivity contribution in [3.8, 4) is 11.8 Å². The normalized spacial score (nSPS) is 16.8. The van der Waals surface area contributed by atoms with Crippen LogP contribution >= 0.6 is 0 Å². The number of likely N-dealkylation sites (N-methyl/N-ethyl adjacent to an activating group) is 1. The Morgan fingerprint density at radius 2 is 1.95 bits per heavy atom. The second kappa shape index (κ2) is 9.33. The molecule has 1 heterocycles. The molecule has 1 N–H and O–H groups in total. The van der Waals surface area contributed by atoms with E-state index < -0.39 is 0 Å². The Balaban J connectivity index is 2.11. The van der Waals surface area contributed by atoms with Crippen LogP contribution < -0.4 is 5.32 Å². The van der Waals surface area contributed by atoms with Crippen LogP contribution in [0.4, 0.5) is 0 Å². The largest absolute Gasteiger partial charge is 0.382 e. The van der Waals surface area contributed by atoms with Crippen LogP contribution in [0.15, 0.2) is 0 Å². The first kappa shape index (κ1) is 16.5. The molecule has 4 nitrogen and oxygen atoms in total. The molecule has 19 heavy (non-hydrogen) atoms. The Morgan fingerprint density at radius 3 is 2.53 bits per heavy atom. The number of nitrogens with zero attached hydrogens (tertiary/aromatic N) is 1. The van der Waals surface area contributed by atoms with Gasteiger partial charge < -0.3 is 14.8 Å². The summed E-state index contributed by atoms with van der Waals surface area (Å²) in [6, 6.07) is 0. The standard InChI is InChI=1S/C15H28N2O2/c1-4-6-8-15(13-16-14-15)17(3)9-12-19-11-7-10-18-5-2/h16H,5,7-14H2,1-3H3. The number of hydrogen-bond donors (Lipinski definition) is 1. The maximum absolute atomic E-state index is 5.64. The lowest BCUT2D eigenvalue weighted by Crippen LogP contribution is -2.68. The van der Waals surface area contributed by atoms with E-state index in [2.05, 4.69) is 29.1 Å². The minimum absolute atomic E-state index is 0.220. The Bertz CT molecular complexity index is 292. The van der Waals surface area contributed by atoms with Gasteiger partial charge in [-0.15, -0.1) is 11.8 Å². The Morgan fingerprint density at radius 1 is 1.21 bits per heavy atom. The van der Waals surface area contributed by atoms with Gasteiger partial charge in [-0.25, -0.2) is 0 Å². The molecule has 0 amide bonds. The predicted molar refractivity (Wildman–Crippen MR) is 78.2 cm³/mol. The Kier molecular flexibility index (Phi) is 8.08. The number of hydrogen-bond acceptors (Lipinski definition) is 4. The van der Waals surface area contributed by atoms with E-state index in [1.807, 2.05) is 13.8 Å². The Hall–Kier alpha value is -0.600. The fourth-order valence-electron chi connectivity index (χ4n) is 2.14. The number of ether oxygens (including phenoxy) is 2. The van der Waals surface area contributed by atoms with Crippen LogP contribution in [0, 0.1) is 11.8 Å². The molecule has 0 unspecified atom stereocenters. The second-order valence-electron chi connectivity index (χ2n) is 5.02. The van der Waals surface area contributed by atoms with E-state index in [-0.39, 0.29) is 5.54 Å². The van der Waals surface area contributed by atoms with Crippen LogP contribution in [0.25, 0.3) is 0 Å². The van der Waals surface area contributed by atoms with E-state index in [4.69, 9.17) is 9.47 Å². The maximum atomic E-state index is 5.64. The number of rotatable bonds is 10. The third-order valence-electron chi connectivity index (χ3n) is 3.66. The van der Waals surface area contributed by atoms with Crippen LogP contribution in [-0.2, 0) is 9.47 Å². The van der Waals surface area contributed by atoms with Gasteiger partial charge in [0.15, 0.2) is 0 Å². The second-order valence-corrected chi connectivity index (χ2v) is 5.02. The van der Waals surface area contributed by atoms with Crippen molar-refractivity contribution < 1.29 is 9.47 Å². The van der Waals surface area contributed by atoms with E-state index in [9.17, 15) is 0 Å². The third-order valence-corrected chi connectivity index (χ3v) is 3.66. The first-order valence-electron chi connectivity index (χ1n) is 7.22. The molecule has 1 aliphatic heterocycles. The van der Waals surface area contributed by atoms with Gasteiger partial charge in [0.05, 0.1) is 12.1 Å². The fraction of sp³-hybridized carbons (Fsp3) is 0.867. The molecule has 1 saturated heterocycles. The summed E-state index contributed by atoms with van der Waals surface area (Å²) in [5, 5.41) is 3.35. The van der Waals surface area contributed by atoms with Crippen molar-refractivity contribution in [2.75, 3.05) is 53.1 Å². The summed E-state index contributed by atoms with van der Waals surface area (Å²) >= 11 is 0. The SMILES string of the molecule is CC#CCC1(N(C)CCOCCCOCC)CNC1. The summed E-state index contributed by atoms with van der Waals surface area (Å²) in [6.45, 7) is 10.1. The van der Waals surface area contributed by atoms with Crippen LogP contribution in [-0.4, -0.2) is 63.5 Å². The van der Waals surface area contributed by atoms with Gasteiger partial charge in [0, 0.05) is 45.9 Å². The lowest BCUT2D eigenvalue weighted by atomic mass is 9.87. The van der Waals surface area contributed by atoms with Crippen molar-refractivity contribution in [2.45, 2.75) is 32.2 Å². The van der Waals surface area contributed by atoms with Crippen molar-refractivity contribution in [1.29, 1.82) is 0 Å². The van der Waals surface area contributed by atoms with Gasteiger partial charge in [0.25, 0.3) is 0 Å². The summed E-state index contributed by atoms with van der Waals surface area (Å²) in [4.78, 5) is 2.39. The third kappa shape index (κ3) is 5.50. The van der Waals surface area contributed by atoms with Crippen molar-refractivity contribution in [3.05, 3.63) is 0 Å². The molecular formula is C15H28N2O2.